The molecule has 0 aliphatic rings. The standard InChI is InChI=1S/C12H13NO2/c1-8-2-3-13-12-5-10(7-15)9(6-14)4-11(8)12/h2-5,14-15H,6-7H2,1H3. The summed E-state index contributed by atoms with van der Waals surface area (Å²) in [5.41, 5.74) is 3.49. The summed E-state index contributed by atoms with van der Waals surface area (Å²) in [6, 6.07) is 5.65. The van der Waals surface area contributed by atoms with Crippen LogP contribution in [0.5, 0.6) is 0 Å². The second-order valence-electron chi connectivity index (χ2n) is 3.58. The fourth-order valence-electron chi connectivity index (χ4n) is 1.71. The number of nitrogens with zero attached hydrogens (tertiary/aromatic N) is 1. The van der Waals surface area contributed by atoms with Gasteiger partial charge in [-0.3, -0.25) is 4.98 Å². The number of pyridine rings is 1. The summed E-state index contributed by atoms with van der Waals surface area (Å²) in [5, 5.41) is 19.3. The van der Waals surface area contributed by atoms with E-state index in [9.17, 15) is 0 Å². The highest BCUT2D eigenvalue weighted by Gasteiger charge is 2.05. The zero-order valence-corrected chi connectivity index (χ0v) is 8.57. The Morgan fingerprint density at radius 2 is 1.80 bits per heavy atom. The van der Waals surface area contributed by atoms with Gasteiger partial charge in [0, 0.05) is 11.6 Å². The molecule has 3 heteroatoms. The summed E-state index contributed by atoms with van der Waals surface area (Å²) < 4.78 is 0. The largest absolute Gasteiger partial charge is 0.392 e. The molecule has 2 rings (SSSR count). The number of fused-ring (bicyclic) bond motifs is 1. The molecule has 1 aromatic heterocycles. The number of hydrogen-bond acceptors (Lipinski definition) is 3. The van der Waals surface area contributed by atoms with Crippen LogP contribution < -0.4 is 0 Å². The topological polar surface area (TPSA) is 53.4 Å². The summed E-state index contributed by atoms with van der Waals surface area (Å²) in [7, 11) is 0. The predicted molar refractivity (Wildman–Crippen MR) is 58.3 cm³/mol. The lowest BCUT2D eigenvalue weighted by molar-refractivity contribution is 0.260. The Bertz CT molecular complexity index is 494. The zero-order valence-electron chi connectivity index (χ0n) is 8.57. The highest BCUT2D eigenvalue weighted by molar-refractivity contribution is 5.83. The smallest absolute Gasteiger partial charge is 0.0708 e. The van der Waals surface area contributed by atoms with E-state index in [4.69, 9.17) is 10.2 Å². The van der Waals surface area contributed by atoms with Crippen LogP contribution in [0, 0.1) is 6.92 Å². The van der Waals surface area contributed by atoms with Crippen LogP contribution in [0.2, 0.25) is 0 Å². The van der Waals surface area contributed by atoms with Gasteiger partial charge in [0.05, 0.1) is 18.7 Å². The Hall–Kier alpha value is -1.45. The molecular formula is C12H13NO2. The monoisotopic (exact) mass is 203 g/mol. The van der Waals surface area contributed by atoms with E-state index in [0.717, 1.165) is 27.6 Å². The van der Waals surface area contributed by atoms with Gasteiger partial charge in [-0.2, -0.15) is 0 Å². The maximum absolute atomic E-state index is 9.17. The molecule has 0 aliphatic carbocycles. The molecule has 0 fully saturated rings. The van der Waals surface area contributed by atoms with Gasteiger partial charge in [-0.1, -0.05) is 0 Å². The molecule has 1 aromatic carbocycles. The van der Waals surface area contributed by atoms with Crippen LogP contribution in [0.15, 0.2) is 24.4 Å². The second-order valence-corrected chi connectivity index (χ2v) is 3.58. The highest BCUT2D eigenvalue weighted by Crippen LogP contribution is 2.21. The van der Waals surface area contributed by atoms with Crippen molar-refractivity contribution in [3.8, 4) is 0 Å². The quantitative estimate of drug-likeness (QED) is 0.778. The minimum Gasteiger partial charge on any atom is -0.392 e. The fourth-order valence-corrected chi connectivity index (χ4v) is 1.71. The van der Waals surface area contributed by atoms with Crippen LogP contribution in [0.1, 0.15) is 16.7 Å². The molecule has 0 saturated carbocycles. The van der Waals surface area contributed by atoms with Crippen molar-refractivity contribution in [2.24, 2.45) is 0 Å². The van der Waals surface area contributed by atoms with Crippen LogP contribution >= 0.6 is 0 Å². The van der Waals surface area contributed by atoms with Crippen molar-refractivity contribution >= 4 is 10.9 Å². The van der Waals surface area contributed by atoms with Gasteiger partial charge in [-0.25, -0.2) is 0 Å². The lowest BCUT2D eigenvalue weighted by Gasteiger charge is -2.08. The molecule has 0 saturated heterocycles. The van der Waals surface area contributed by atoms with E-state index in [1.54, 1.807) is 6.20 Å². The van der Waals surface area contributed by atoms with E-state index in [2.05, 4.69) is 4.98 Å². The Kier molecular flexibility index (Phi) is 2.66. The molecule has 0 radical (unpaired) electrons. The van der Waals surface area contributed by atoms with E-state index >= 15 is 0 Å². The summed E-state index contributed by atoms with van der Waals surface area (Å²) in [6.07, 6.45) is 1.75. The lowest BCUT2D eigenvalue weighted by atomic mass is 10.0. The molecule has 0 bridgehead atoms. The van der Waals surface area contributed by atoms with Crippen molar-refractivity contribution < 1.29 is 10.2 Å². The third-order valence-electron chi connectivity index (χ3n) is 2.62. The maximum Gasteiger partial charge on any atom is 0.0708 e. The molecule has 2 aromatic rings. The van der Waals surface area contributed by atoms with Crippen molar-refractivity contribution in [3.63, 3.8) is 0 Å². The molecule has 15 heavy (non-hydrogen) atoms. The molecule has 1 heterocycles. The summed E-state index contributed by atoms with van der Waals surface area (Å²) >= 11 is 0. The molecule has 0 atom stereocenters. The van der Waals surface area contributed by atoms with Crippen LogP contribution in [-0.4, -0.2) is 15.2 Å². The first kappa shape index (κ1) is 10.1. The number of aliphatic hydroxyl groups excluding tert-OH is 2. The predicted octanol–water partition coefficient (Wildman–Crippen LogP) is 1.53. The van der Waals surface area contributed by atoms with E-state index < -0.39 is 0 Å². The van der Waals surface area contributed by atoms with Crippen molar-refractivity contribution in [1.29, 1.82) is 0 Å². The lowest BCUT2D eigenvalue weighted by Crippen LogP contribution is -1.95. The molecule has 0 unspecified atom stereocenters. The van der Waals surface area contributed by atoms with Gasteiger partial charge in [0.2, 0.25) is 0 Å². The summed E-state index contributed by atoms with van der Waals surface area (Å²) in [6.45, 7) is 1.88. The van der Waals surface area contributed by atoms with Crippen molar-refractivity contribution in [1.82, 2.24) is 4.98 Å². The Morgan fingerprint density at radius 3 is 2.47 bits per heavy atom. The van der Waals surface area contributed by atoms with Crippen molar-refractivity contribution in [2.75, 3.05) is 0 Å². The van der Waals surface area contributed by atoms with Gasteiger partial charge >= 0.3 is 0 Å². The van der Waals surface area contributed by atoms with Crippen LogP contribution in [0.25, 0.3) is 10.9 Å². The number of rotatable bonds is 2. The van der Waals surface area contributed by atoms with Crippen LogP contribution in [0.3, 0.4) is 0 Å². The average Bonchev–Trinajstić information content (AvgIpc) is 2.28. The Morgan fingerprint density at radius 1 is 1.13 bits per heavy atom. The van der Waals surface area contributed by atoms with Gasteiger partial charge in [-0.15, -0.1) is 0 Å². The van der Waals surface area contributed by atoms with Crippen LogP contribution in [-0.2, 0) is 13.2 Å². The summed E-state index contributed by atoms with van der Waals surface area (Å²) in [5.74, 6) is 0. The van der Waals surface area contributed by atoms with Gasteiger partial charge in [0.25, 0.3) is 0 Å². The van der Waals surface area contributed by atoms with Gasteiger partial charge in [0.15, 0.2) is 0 Å². The van der Waals surface area contributed by atoms with Gasteiger partial charge < -0.3 is 10.2 Å². The number of aryl methyl sites for hydroxylation is 1. The minimum atomic E-state index is -0.0680. The molecule has 3 nitrogen and oxygen atoms in total. The molecule has 0 amide bonds. The zero-order chi connectivity index (χ0) is 10.8. The first-order chi connectivity index (χ1) is 7.26. The van der Waals surface area contributed by atoms with Gasteiger partial charge in [-0.05, 0) is 41.8 Å². The molecule has 0 spiro atoms. The highest BCUT2D eigenvalue weighted by atomic mass is 16.3. The van der Waals surface area contributed by atoms with E-state index in [0.29, 0.717) is 0 Å². The number of aliphatic hydroxyl groups is 2. The van der Waals surface area contributed by atoms with Gasteiger partial charge in [0.1, 0.15) is 0 Å². The Balaban J connectivity index is 2.75. The first-order valence-electron chi connectivity index (χ1n) is 4.85. The molecule has 2 N–H and O–H groups in total. The number of benzene rings is 1. The van der Waals surface area contributed by atoms with E-state index in [1.165, 1.54) is 0 Å². The molecule has 0 aliphatic heterocycles. The minimum absolute atomic E-state index is 0.0554. The summed E-state index contributed by atoms with van der Waals surface area (Å²) in [4.78, 5) is 4.23. The normalized spacial score (nSPS) is 10.9. The fraction of sp³-hybridized carbons (Fsp3) is 0.250. The Labute approximate surface area is 88.0 Å². The van der Waals surface area contributed by atoms with Crippen LogP contribution in [0.4, 0.5) is 0 Å². The first-order valence-corrected chi connectivity index (χ1v) is 4.85. The third-order valence-corrected chi connectivity index (χ3v) is 2.62. The number of hydrogen-bond donors (Lipinski definition) is 2. The third kappa shape index (κ3) is 1.71. The SMILES string of the molecule is Cc1ccnc2cc(CO)c(CO)cc12. The van der Waals surface area contributed by atoms with Crippen molar-refractivity contribution in [3.05, 3.63) is 41.1 Å². The number of aromatic nitrogens is 1. The average molecular weight is 203 g/mol. The van der Waals surface area contributed by atoms with Crippen molar-refractivity contribution in [2.45, 2.75) is 20.1 Å². The van der Waals surface area contributed by atoms with E-state index in [1.807, 2.05) is 25.1 Å². The van der Waals surface area contributed by atoms with E-state index in [-0.39, 0.29) is 13.2 Å². The molecule has 78 valence electrons. The second kappa shape index (κ2) is 3.96. The maximum atomic E-state index is 9.17. The molecular weight excluding hydrogens is 190 g/mol.